The maximum absolute atomic E-state index is 11.8. The number of aryl methyl sites for hydroxylation is 1. The predicted molar refractivity (Wildman–Crippen MR) is 83.4 cm³/mol. The minimum absolute atomic E-state index is 0.336. The van der Waals surface area contributed by atoms with E-state index in [0.29, 0.717) is 11.5 Å². The van der Waals surface area contributed by atoms with E-state index < -0.39 is 6.10 Å². The van der Waals surface area contributed by atoms with E-state index in [1.807, 2.05) is 25.1 Å². The standard InChI is InChI=1S/C15H15BrN2O3/c1-10-3-6-14(20-10)9-17-18-15(19)11(2)21-13-7-4-12(16)5-8-13/h3-9,11H,1-2H3,(H,18,19)/b17-9-/t11-/m1/s1. The summed E-state index contributed by atoms with van der Waals surface area (Å²) in [5, 5.41) is 3.83. The van der Waals surface area contributed by atoms with Crippen molar-refractivity contribution in [1.82, 2.24) is 5.43 Å². The number of nitrogens with one attached hydrogen (secondary N) is 1. The van der Waals surface area contributed by atoms with Gasteiger partial charge in [-0.2, -0.15) is 5.10 Å². The summed E-state index contributed by atoms with van der Waals surface area (Å²) in [5.74, 6) is 1.65. The topological polar surface area (TPSA) is 63.8 Å². The Morgan fingerprint density at radius 1 is 1.33 bits per heavy atom. The molecule has 0 aliphatic heterocycles. The molecule has 0 fully saturated rings. The van der Waals surface area contributed by atoms with Crippen molar-refractivity contribution in [3.8, 4) is 5.75 Å². The predicted octanol–water partition coefficient (Wildman–Crippen LogP) is 3.27. The second-order valence-corrected chi connectivity index (χ2v) is 5.31. The average Bonchev–Trinajstić information content (AvgIpc) is 2.87. The van der Waals surface area contributed by atoms with Crippen molar-refractivity contribution in [2.75, 3.05) is 0 Å². The van der Waals surface area contributed by atoms with Crippen LogP contribution >= 0.6 is 15.9 Å². The van der Waals surface area contributed by atoms with Gasteiger partial charge in [0.2, 0.25) is 0 Å². The summed E-state index contributed by atoms with van der Waals surface area (Å²) in [5.41, 5.74) is 2.41. The third-order valence-electron chi connectivity index (χ3n) is 2.62. The molecule has 2 rings (SSSR count). The number of carbonyl (C=O) groups excluding carboxylic acids is 1. The molecule has 1 N–H and O–H groups in total. The molecule has 21 heavy (non-hydrogen) atoms. The summed E-state index contributed by atoms with van der Waals surface area (Å²) in [7, 11) is 0. The average molecular weight is 351 g/mol. The molecule has 0 unspecified atom stereocenters. The molecule has 0 aliphatic rings. The van der Waals surface area contributed by atoms with Crippen LogP contribution in [0.15, 0.2) is 50.4 Å². The van der Waals surface area contributed by atoms with E-state index in [2.05, 4.69) is 26.5 Å². The fourth-order valence-corrected chi connectivity index (χ4v) is 1.81. The number of amides is 1. The van der Waals surface area contributed by atoms with E-state index in [0.717, 1.165) is 10.2 Å². The van der Waals surface area contributed by atoms with E-state index in [1.165, 1.54) is 6.21 Å². The third kappa shape index (κ3) is 4.75. The van der Waals surface area contributed by atoms with E-state index in [9.17, 15) is 4.79 Å². The van der Waals surface area contributed by atoms with Crippen molar-refractivity contribution in [2.45, 2.75) is 20.0 Å². The van der Waals surface area contributed by atoms with Gasteiger partial charge in [-0.1, -0.05) is 15.9 Å². The number of hydrogen-bond donors (Lipinski definition) is 1. The van der Waals surface area contributed by atoms with Gasteiger partial charge in [0.25, 0.3) is 5.91 Å². The van der Waals surface area contributed by atoms with Crippen molar-refractivity contribution in [2.24, 2.45) is 5.10 Å². The number of furan rings is 1. The van der Waals surface area contributed by atoms with Crippen molar-refractivity contribution in [3.05, 3.63) is 52.4 Å². The summed E-state index contributed by atoms with van der Waals surface area (Å²) in [6.07, 6.45) is 0.790. The van der Waals surface area contributed by atoms with E-state index in [1.54, 1.807) is 25.1 Å². The summed E-state index contributed by atoms with van der Waals surface area (Å²) >= 11 is 3.34. The molecule has 110 valence electrons. The molecule has 5 nitrogen and oxygen atoms in total. The first-order valence-electron chi connectivity index (χ1n) is 6.36. The van der Waals surface area contributed by atoms with Crippen LogP contribution in [-0.2, 0) is 4.79 Å². The molecule has 0 spiro atoms. The largest absolute Gasteiger partial charge is 0.481 e. The number of carbonyl (C=O) groups is 1. The number of hydrogen-bond acceptors (Lipinski definition) is 4. The lowest BCUT2D eigenvalue weighted by Crippen LogP contribution is -2.33. The second kappa shape index (κ2) is 7.08. The summed E-state index contributed by atoms with van der Waals surface area (Å²) in [4.78, 5) is 11.8. The lowest BCUT2D eigenvalue weighted by atomic mass is 10.3. The molecule has 1 aromatic carbocycles. The van der Waals surface area contributed by atoms with Crippen LogP contribution in [0.3, 0.4) is 0 Å². The quantitative estimate of drug-likeness (QED) is 0.664. The van der Waals surface area contributed by atoms with Crippen molar-refractivity contribution in [3.63, 3.8) is 0 Å². The van der Waals surface area contributed by atoms with Crippen LogP contribution in [0, 0.1) is 6.92 Å². The highest BCUT2D eigenvalue weighted by Gasteiger charge is 2.13. The van der Waals surface area contributed by atoms with Gasteiger partial charge in [-0.3, -0.25) is 4.79 Å². The first kappa shape index (κ1) is 15.3. The maximum atomic E-state index is 11.8. The lowest BCUT2D eigenvalue weighted by Gasteiger charge is -2.12. The van der Waals surface area contributed by atoms with E-state index in [-0.39, 0.29) is 5.91 Å². The van der Waals surface area contributed by atoms with Crippen LogP contribution in [0.4, 0.5) is 0 Å². The second-order valence-electron chi connectivity index (χ2n) is 4.40. The van der Waals surface area contributed by atoms with Gasteiger partial charge in [-0.05, 0) is 50.2 Å². The monoisotopic (exact) mass is 350 g/mol. The lowest BCUT2D eigenvalue weighted by molar-refractivity contribution is -0.127. The Morgan fingerprint density at radius 3 is 2.67 bits per heavy atom. The van der Waals surface area contributed by atoms with Crippen LogP contribution in [0.2, 0.25) is 0 Å². The fraction of sp³-hybridized carbons (Fsp3) is 0.200. The van der Waals surface area contributed by atoms with Gasteiger partial charge < -0.3 is 9.15 Å². The van der Waals surface area contributed by atoms with Gasteiger partial charge >= 0.3 is 0 Å². The SMILES string of the molecule is Cc1ccc(/C=N\NC(=O)[C@@H](C)Oc2ccc(Br)cc2)o1. The van der Waals surface area contributed by atoms with E-state index in [4.69, 9.17) is 9.15 Å². The molecule has 2 aromatic rings. The van der Waals surface area contributed by atoms with Gasteiger partial charge in [-0.15, -0.1) is 0 Å². The molecule has 0 radical (unpaired) electrons. The first-order valence-corrected chi connectivity index (χ1v) is 7.15. The van der Waals surface area contributed by atoms with Gasteiger partial charge in [0, 0.05) is 4.47 Å². The van der Waals surface area contributed by atoms with Gasteiger partial charge in [0.15, 0.2) is 6.10 Å². The Bertz CT molecular complexity index is 635. The highest BCUT2D eigenvalue weighted by atomic mass is 79.9. The Hall–Kier alpha value is -2.08. The number of benzene rings is 1. The van der Waals surface area contributed by atoms with Crippen molar-refractivity contribution in [1.29, 1.82) is 0 Å². The maximum Gasteiger partial charge on any atom is 0.280 e. The Kier molecular flexibility index (Phi) is 5.16. The normalized spacial score (nSPS) is 12.3. The highest BCUT2D eigenvalue weighted by Crippen LogP contribution is 2.17. The Labute approximate surface area is 131 Å². The molecule has 0 saturated carbocycles. The van der Waals surface area contributed by atoms with Crippen LogP contribution < -0.4 is 10.2 Å². The zero-order valence-electron chi connectivity index (χ0n) is 11.7. The van der Waals surface area contributed by atoms with Crippen LogP contribution in [-0.4, -0.2) is 18.2 Å². The Balaban J connectivity index is 1.85. The number of hydrazone groups is 1. The van der Waals surface area contributed by atoms with Crippen molar-refractivity contribution < 1.29 is 13.9 Å². The minimum Gasteiger partial charge on any atom is -0.481 e. The number of halogens is 1. The molecule has 1 aromatic heterocycles. The first-order chi connectivity index (χ1) is 10.0. The van der Waals surface area contributed by atoms with Gasteiger partial charge in [0.1, 0.15) is 17.3 Å². The van der Waals surface area contributed by atoms with Gasteiger partial charge in [-0.25, -0.2) is 5.43 Å². The summed E-state index contributed by atoms with van der Waals surface area (Å²) in [6, 6.07) is 10.8. The molecular weight excluding hydrogens is 336 g/mol. The van der Waals surface area contributed by atoms with Crippen LogP contribution in [0.25, 0.3) is 0 Å². The molecule has 0 bridgehead atoms. The number of ether oxygens (including phenoxy) is 1. The van der Waals surface area contributed by atoms with Crippen LogP contribution in [0.5, 0.6) is 5.75 Å². The minimum atomic E-state index is -0.651. The summed E-state index contributed by atoms with van der Waals surface area (Å²) in [6.45, 7) is 3.49. The fourth-order valence-electron chi connectivity index (χ4n) is 1.54. The number of rotatable bonds is 5. The van der Waals surface area contributed by atoms with Crippen LogP contribution in [0.1, 0.15) is 18.4 Å². The molecule has 0 aliphatic carbocycles. The Morgan fingerprint density at radius 2 is 2.05 bits per heavy atom. The zero-order valence-corrected chi connectivity index (χ0v) is 13.3. The molecule has 0 saturated heterocycles. The molecular formula is C15H15BrN2O3. The third-order valence-corrected chi connectivity index (χ3v) is 3.15. The summed E-state index contributed by atoms with van der Waals surface area (Å²) < 4.78 is 11.8. The highest BCUT2D eigenvalue weighted by molar-refractivity contribution is 9.10. The van der Waals surface area contributed by atoms with E-state index >= 15 is 0 Å². The molecule has 1 heterocycles. The van der Waals surface area contributed by atoms with Gasteiger partial charge in [0.05, 0.1) is 6.21 Å². The molecule has 1 amide bonds. The number of nitrogens with zero attached hydrogens (tertiary/aromatic N) is 1. The smallest absolute Gasteiger partial charge is 0.280 e. The van der Waals surface area contributed by atoms with Crippen molar-refractivity contribution >= 4 is 28.1 Å². The molecule has 1 atom stereocenters. The molecule has 6 heteroatoms. The zero-order chi connectivity index (χ0) is 15.2.